The molecule has 14 nitrogen and oxygen atoms in total. The van der Waals surface area contributed by atoms with Crippen LogP contribution in [0.2, 0.25) is 0 Å². The third-order valence-electron chi connectivity index (χ3n) is 7.55. The Kier molecular flexibility index (Phi) is 11.4. The Bertz CT molecular complexity index is 2030. The van der Waals surface area contributed by atoms with Gasteiger partial charge in [-0.3, -0.25) is 19.8 Å². The highest BCUT2D eigenvalue weighted by Gasteiger charge is 2.30. The Morgan fingerprint density at radius 3 is 2.12 bits per heavy atom. The van der Waals surface area contributed by atoms with Crippen molar-refractivity contribution in [2.75, 3.05) is 5.75 Å². The van der Waals surface area contributed by atoms with Crippen molar-refractivity contribution >= 4 is 54.5 Å². The summed E-state index contributed by atoms with van der Waals surface area (Å²) in [7, 11) is -8.03. The number of benzene rings is 3. The molecule has 0 spiro atoms. The average Bonchev–Trinajstić information content (AvgIpc) is 3.44. The highest BCUT2D eigenvalue weighted by molar-refractivity contribution is 7.90. The molecule has 4 aromatic rings. The van der Waals surface area contributed by atoms with Crippen LogP contribution in [-0.4, -0.2) is 62.2 Å². The first kappa shape index (κ1) is 35.8. The fourth-order valence-electron chi connectivity index (χ4n) is 4.94. The van der Waals surface area contributed by atoms with Crippen LogP contribution in [0.1, 0.15) is 36.5 Å². The van der Waals surface area contributed by atoms with Gasteiger partial charge in [0.1, 0.15) is 17.9 Å². The average molecular weight is 696 g/mol. The van der Waals surface area contributed by atoms with Crippen molar-refractivity contribution in [1.82, 2.24) is 19.3 Å². The summed E-state index contributed by atoms with van der Waals surface area (Å²) in [5.41, 5.74) is 12.7. The number of hydrogen-bond acceptors (Lipinski definition) is 8. The smallest absolute Gasteiger partial charge is 0.268 e. The van der Waals surface area contributed by atoms with E-state index in [1.54, 1.807) is 66.7 Å². The number of nitrogens with two attached hydrogens (primary N) is 2. The van der Waals surface area contributed by atoms with E-state index < -0.39 is 49.9 Å². The first-order valence-corrected chi connectivity index (χ1v) is 18.0. The molecule has 0 aliphatic carbocycles. The lowest BCUT2D eigenvalue weighted by Crippen LogP contribution is -2.54. The van der Waals surface area contributed by atoms with Crippen LogP contribution in [0.4, 0.5) is 0 Å². The number of amidine groups is 1. The van der Waals surface area contributed by atoms with Crippen molar-refractivity contribution in [2.24, 2.45) is 11.5 Å². The van der Waals surface area contributed by atoms with Gasteiger partial charge in [-0.2, -0.15) is 0 Å². The van der Waals surface area contributed by atoms with E-state index in [2.05, 4.69) is 15.4 Å². The number of rotatable bonds is 16. The van der Waals surface area contributed by atoms with Crippen LogP contribution in [-0.2, 0) is 47.4 Å². The van der Waals surface area contributed by atoms with Crippen LogP contribution in [0.15, 0.2) is 90.0 Å². The third-order valence-corrected chi connectivity index (χ3v) is 10.6. The Morgan fingerprint density at radius 1 is 0.854 bits per heavy atom. The molecule has 0 bridgehead atoms. The Labute approximate surface area is 278 Å². The molecule has 0 radical (unpaired) electrons. The van der Waals surface area contributed by atoms with Gasteiger partial charge in [0.15, 0.2) is 0 Å². The number of para-hydroxylation sites is 1. The molecule has 2 atom stereocenters. The molecule has 1 heterocycles. The molecule has 0 saturated carbocycles. The summed E-state index contributed by atoms with van der Waals surface area (Å²) < 4.78 is 56.1. The first-order chi connectivity index (χ1) is 22.7. The lowest BCUT2D eigenvalue weighted by atomic mass is 10.0. The summed E-state index contributed by atoms with van der Waals surface area (Å²) in [6.45, 7) is 1.43. The van der Waals surface area contributed by atoms with Gasteiger partial charge < -0.3 is 22.1 Å². The molecule has 0 saturated heterocycles. The molecule has 3 amide bonds. The number of sulfonamides is 1. The van der Waals surface area contributed by atoms with E-state index in [4.69, 9.17) is 16.9 Å². The zero-order valence-electron chi connectivity index (χ0n) is 26.0. The Hall–Kier alpha value is -5.06. The highest BCUT2D eigenvalue weighted by Crippen LogP contribution is 2.27. The molecular weight excluding hydrogens is 659 g/mol. The minimum atomic E-state index is -4.06. The zero-order chi connectivity index (χ0) is 35.1. The van der Waals surface area contributed by atoms with Crippen molar-refractivity contribution in [3.63, 3.8) is 0 Å². The van der Waals surface area contributed by atoms with Crippen molar-refractivity contribution in [3.05, 3.63) is 102 Å². The number of nitrogen functional groups attached to an aromatic ring is 1. The third kappa shape index (κ3) is 8.84. The fraction of sp³-hybridized carbons (Fsp3) is 0.250. The number of primary amides is 1. The number of carbonyl (C=O) groups is 3. The van der Waals surface area contributed by atoms with E-state index in [-0.39, 0.29) is 42.3 Å². The van der Waals surface area contributed by atoms with Crippen LogP contribution in [0.3, 0.4) is 0 Å². The quantitative estimate of drug-likeness (QED) is 0.0731. The van der Waals surface area contributed by atoms with E-state index in [9.17, 15) is 31.2 Å². The Morgan fingerprint density at radius 2 is 1.50 bits per heavy atom. The van der Waals surface area contributed by atoms with E-state index in [1.807, 2.05) is 0 Å². The van der Waals surface area contributed by atoms with Crippen molar-refractivity contribution in [1.29, 1.82) is 5.41 Å². The van der Waals surface area contributed by atoms with Crippen LogP contribution >= 0.6 is 0 Å². The summed E-state index contributed by atoms with van der Waals surface area (Å²) in [6.07, 6.45) is 0.664. The summed E-state index contributed by atoms with van der Waals surface area (Å²) in [5, 5.41) is 13.2. The van der Waals surface area contributed by atoms with Gasteiger partial charge in [0.05, 0.1) is 16.2 Å². The topological polar surface area (TPSA) is 236 Å². The van der Waals surface area contributed by atoms with Crippen LogP contribution < -0.4 is 26.8 Å². The molecule has 1 aromatic heterocycles. The molecule has 254 valence electrons. The minimum Gasteiger partial charge on any atom is -0.384 e. The molecular formula is C32H37N7O7S2. The molecule has 0 aliphatic heterocycles. The van der Waals surface area contributed by atoms with E-state index >= 15 is 0 Å². The summed E-state index contributed by atoms with van der Waals surface area (Å²) in [6, 6.07) is 18.2. The van der Waals surface area contributed by atoms with Gasteiger partial charge in [-0.25, -0.2) is 25.5 Å². The molecule has 0 aliphatic rings. The normalized spacial score (nSPS) is 13.0. The second-order valence-electron chi connectivity index (χ2n) is 11.0. The number of fused-ring (bicyclic) bond motifs is 1. The number of nitrogens with zero attached hydrogens (tertiary/aromatic N) is 1. The molecule has 8 N–H and O–H groups in total. The van der Waals surface area contributed by atoms with Gasteiger partial charge in [-0.05, 0) is 49.1 Å². The van der Waals surface area contributed by atoms with E-state index in [1.165, 1.54) is 25.3 Å². The number of aromatic nitrogens is 1. The van der Waals surface area contributed by atoms with Gasteiger partial charge in [0, 0.05) is 30.1 Å². The van der Waals surface area contributed by atoms with Gasteiger partial charge in [0.25, 0.3) is 10.0 Å². The lowest BCUT2D eigenvalue weighted by molar-refractivity contribution is -0.130. The highest BCUT2D eigenvalue weighted by atomic mass is 32.2. The zero-order valence-corrected chi connectivity index (χ0v) is 27.7. The maximum absolute atomic E-state index is 13.7. The van der Waals surface area contributed by atoms with E-state index in [0.717, 1.165) is 3.97 Å². The number of hydrogen-bond donors (Lipinski definition) is 6. The second-order valence-corrected chi connectivity index (χ2v) is 14.8. The predicted molar refractivity (Wildman–Crippen MR) is 181 cm³/mol. The Balaban J connectivity index is 1.63. The molecule has 48 heavy (non-hydrogen) atoms. The van der Waals surface area contributed by atoms with Gasteiger partial charge in [-0.1, -0.05) is 60.7 Å². The predicted octanol–water partition coefficient (Wildman–Crippen LogP) is 1.08. The maximum Gasteiger partial charge on any atom is 0.268 e. The van der Waals surface area contributed by atoms with Crippen molar-refractivity contribution < 1.29 is 31.2 Å². The first-order valence-electron chi connectivity index (χ1n) is 14.9. The second kappa shape index (κ2) is 15.2. The van der Waals surface area contributed by atoms with Crippen LogP contribution in [0.5, 0.6) is 0 Å². The van der Waals surface area contributed by atoms with Gasteiger partial charge in [0.2, 0.25) is 27.7 Å². The number of carbonyl (C=O) groups excluding carboxylic acids is 3. The van der Waals surface area contributed by atoms with Gasteiger partial charge in [-0.15, -0.1) is 0 Å². The SMILES string of the molecule is CCS(=O)(=O)N[C@H](Cc1cn(S(=O)(=O)c2ccccc2)c2ccccc12)C(=O)N[C@@H](CCC(N)=O)C(=O)NCc1ccc(C(=N)N)cc1. The number of nitrogens with one attached hydrogen (secondary N) is 4. The minimum absolute atomic E-state index is 0.0383. The molecule has 0 unspecified atom stereocenters. The van der Waals surface area contributed by atoms with Gasteiger partial charge >= 0.3 is 0 Å². The van der Waals surface area contributed by atoms with Crippen molar-refractivity contribution in [2.45, 2.75) is 49.7 Å². The standard InChI is InChI=1S/C32H37N7O7S2/c1-2-47(43,44)38-27(18-23-20-39(28-11-7-6-10-25(23)28)48(45,46)24-8-4-3-5-9-24)32(42)37-26(16-17-29(33)40)31(41)36-19-21-12-14-22(15-13-21)30(34)35/h3-15,20,26-27,38H,2,16-19H2,1H3,(H2,33,40)(H3,34,35)(H,36,41)(H,37,42)/t26-,27+/m0/s1. The molecule has 4 rings (SSSR count). The monoisotopic (exact) mass is 695 g/mol. The summed E-state index contributed by atoms with van der Waals surface area (Å²) in [5.74, 6) is -2.70. The fourth-order valence-corrected chi connectivity index (χ4v) is 7.14. The van der Waals surface area contributed by atoms with Crippen LogP contribution in [0.25, 0.3) is 10.9 Å². The largest absolute Gasteiger partial charge is 0.384 e. The van der Waals surface area contributed by atoms with Crippen molar-refractivity contribution in [3.8, 4) is 0 Å². The summed E-state index contributed by atoms with van der Waals surface area (Å²) >= 11 is 0. The summed E-state index contributed by atoms with van der Waals surface area (Å²) in [4.78, 5) is 38.6. The lowest BCUT2D eigenvalue weighted by Gasteiger charge is -2.23. The molecule has 0 fully saturated rings. The molecule has 16 heteroatoms. The maximum atomic E-state index is 13.7. The van der Waals surface area contributed by atoms with E-state index in [0.29, 0.717) is 27.6 Å². The number of amides is 3. The van der Waals surface area contributed by atoms with Crippen LogP contribution in [0, 0.1) is 5.41 Å². The molecule has 3 aromatic carbocycles.